The minimum absolute atomic E-state index is 0.0403. The van der Waals surface area contributed by atoms with Crippen LogP contribution in [0.15, 0.2) is 55.1 Å². The Hall–Kier alpha value is -4.28. The van der Waals surface area contributed by atoms with Gasteiger partial charge in [0, 0.05) is 24.2 Å². The van der Waals surface area contributed by atoms with Crippen molar-refractivity contribution in [3.05, 3.63) is 77.9 Å². The number of nitrogens with zero attached hydrogens (tertiary/aromatic N) is 7. The zero-order valence-corrected chi connectivity index (χ0v) is 17.8. The highest BCUT2D eigenvalue weighted by molar-refractivity contribution is 5.88. The molecule has 4 heterocycles. The van der Waals surface area contributed by atoms with Gasteiger partial charge >= 0.3 is 6.18 Å². The molecule has 7 nitrogen and oxygen atoms in total. The molecule has 0 spiro atoms. The molecular formula is C23H15F4N7. The third-order valence-electron chi connectivity index (χ3n) is 5.26. The molecule has 0 amide bonds. The second kappa shape index (κ2) is 7.94. The van der Waals surface area contributed by atoms with Crippen LogP contribution in [0.25, 0.3) is 39.5 Å². The monoisotopic (exact) mass is 465 g/mol. The summed E-state index contributed by atoms with van der Waals surface area (Å²) in [5.41, 5.74) is 1.63. The van der Waals surface area contributed by atoms with E-state index in [2.05, 4.69) is 30.0 Å². The van der Waals surface area contributed by atoms with Gasteiger partial charge in [0.1, 0.15) is 17.0 Å². The van der Waals surface area contributed by atoms with Gasteiger partial charge in [0.05, 0.1) is 34.4 Å². The van der Waals surface area contributed by atoms with Gasteiger partial charge in [-0.15, -0.1) is 0 Å². The van der Waals surface area contributed by atoms with Crippen LogP contribution in [0.1, 0.15) is 17.0 Å². The number of aryl methyl sites for hydroxylation is 2. The van der Waals surface area contributed by atoms with E-state index in [9.17, 15) is 17.6 Å². The van der Waals surface area contributed by atoms with Crippen molar-refractivity contribution >= 4 is 11.2 Å². The number of hydrogen-bond donors (Lipinski definition) is 0. The van der Waals surface area contributed by atoms with E-state index in [1.54, 1.807) is 49.3 Å². The Morgan fingerprint density at radius 1 is 0.882 bits per heavy atom. The van der Waals surface area contributed by atoms with Crippen molar-refractivity contribution in [3.63, 3.8) is 0 Å². The SMILES string of the molecule is Cc1nc2nc(-c3cnn(-c4ccncc4)c3)nc(-c3ccc(C(F)(F)F)cc3F)c2nc1C. The summed E-state index contributed by atoms with van der Waals surface area (Å²) in [6, 6.07) is 5.82. The molecule has 0 saturated carbocycles. The molecule has 0 atom stereocenters. The molecule has 0 aliphatic heterocycles. The first-order valence-corrected chi connectivity index (χ1v) is 10.1. The number of aromatic nitrogens is 7. The molecule has 0 bridgehead atoms. The number of alkyl halides is 3. The zero-order chi connectivity index (χ0) is 24.0. The van der Waals surface area contributed by atoms with E-state index in [1.807, 2.05) is 0 Å². The first-order chi connectivity index (χ1) is 16.2. The molecule has 0 saturated heterocycles. The van der Waals surface area contributed by atoms with Crippen molar-refractivity contribution < 1.29 is 17.6 Å². The Balaban J connectivity index is 1.71. The minimum atomic E-state index is -4.67. The number of hydrogen-bond acceptors (Lipinski definition) is 6. The van der Waals surface area contributed by atoms with Crippen LogP contribution >= 0.6 is 0 Å². The number of halogens is 4. The van der Waals surface area contributed by atoms with Gasteiger partial charge in [-0.2, -0.15) is 18.3 Å². The Labute approximate surface area is 190 Å². The van der Waals surface area contributed by atoms with E-state index in [0.29, 0.717) is 23.0 Å². The van der Waals surface area contributed by atoms with E-state index in [0.717, 1.165) is 17.8 Å². The summed E-state index contributed by atoms with van der Waals surface area (Å²) >= 11 is 0. The molecule has 34 heavy (non-hydrogen) atoms. The van der Waals surface area contributed by atoms with E-state index in [4.69, 9.17) is 0 Å². The average Bonchev–Trinajstić information content (AvgIpc) is 3.30. The molecular weight excluding hydrogens is 450 g/mol. The third-order valence-corrected chi connectivity index (χ3v) is 5.26. The van der Waals surface area contributed by atoms with Crippen molar-refractivity contribution in [3.8, 4) is 28.3 Å². The fourth-order valence-corrected chi connectivity index (χ4v) is 3.39. The zero-order valence-electron chi connectivity index (χ0n) is 17.8. The molecule has 0 radical (unpaired) electrons. The smallest absolute Gasteiger partial charge is 0.265 e. The predicted molar refractivity (Wildman–Crippen MR) is 115 cm³/mol. The van der Waals surface area contributed by atoms with E-state index in [-0.39, 0.29) is 28.2 Å². The van der Waals surface area contributed by atoms with Crippen molar-refractivity contribution in [2.75, 3.05) is 0 Å². The van der Waals surface area contributed by atoms with Gasteiger partial charge in [0.25, 0.3) is 0 Å². The molecule has 0 unspecified atom stereocenters. The molecule has 0 fully saturated rings. The Morgan fingerprint density at radius 2 is 1.62 bits per heavy atom. The van der Waals surface area contributed by atoms with Crippen LogP contribution in [0.4, 0.5) is 17.6 Å². The van der Waals surface area contributed by atoms with Crippen LogP contribution < -0.4 is 0 Å². The highest BCUT2D eigenvalue weighted by Gasteiger charge is 2.31. The summed E-state index contributed by atoms with van der Waals surface area (Å²) < 4.78 is 55.7. The van der Waals surface area contributed by atoms with E-state index < -0.39 is 17.6 Å². The van der Waals surface area contributed by atoms with Crippen molar-refractivity contribution in [2.45, 2.75) is 20.0 Å². The molecule has 5 rings (SSSR count). The van der Waals surface area contributed by atoms with Gasteiger partial charge in [-0.05, 0) is 44.2 Å². The van der Waals surface area contributed by atoms with Crippen LogP contribution in [0.2, 0.25) is 0 Å². The second-order valence-corrected chi connectivity index (χ2v) is 7.53. The molecule has 170 valence electrons. The van der Waals surface area contributed by atoms with Crippen LogP contribution in [-0.4, -0.2) is 34.7 Å². The van der Waals surface area contributed by atoms with Gasteiger partial charge in [-0.1, -0.05) is 0 Å². The molecule has 0 aliphatic carbocycles. The number of rotatable bonds is 3. The van der Waals surface area contributed by atoms with Gasteiger partial charge in [0.15, 0.2) is 11.5 Å². The Bertz CT molecular complexity index is 1530. The molecule has 5 aromatic rings. The molecule has 11 heteroatoms. The normalized spacial score (nSPS) is 11.8. The van der Waals surface area contributed by atoms with Crippen LogP contribution in [0.5, 0.6) is 0 Å². The largest absolute Gasteiger partial charge is 0.416 e. The fourth-order valence-electron chi connectivity index (χ4n) is 3.39. The summed E-state index contributed by atoms with van der Waals surface area (Å²) in [6.07, 6.45) is 1.78. The lowest BCUT2D eigenvalue weighted by Crippen LogP contribution is -2.06. The van der Waals surface area contributed by atoms with Crippen LogP contribution in [0, 0.1) is 19.7 Å². The fraction of sp³-hybridized carbons (Fsp3) is 0.130. The minimum Gasteiger partial charge on any atom is -0.265 e. The van der Waals surface area contributed by atoms with Crippen molar-refractivity contribution in [1.29, 1.82) is 0 Å². The van der Waals surface area contributed by atoms with Gasteiger partial charge in [-0.25, -0.2) is 29.0 Å². The maximum absolute atomic E-state index is 14.9. The molecule has 1 aromatic carbocycles. The topological polar surface area (TPSA) is 82.3 Å². The summed E-state index contributed by atoms with van der Waals surface area (Å²) in [5.74, 6) is -0.895. The summed E-state index contributed by atoms with van der Waals surface area (Å²) in [4.78, 5) is 21.8. The van der Waals surface area contributed by atoms with Gasteiger partial charge in [0.2, 0.25) is 0 Å². The summed E-state index contributed by atoms with van der Waals surface area (Å²) in [6.45, 7) is 3.48. The third kappa shape index (κ3) is 3.85. The van der Waals surface area contributed by atoms with Gasteiger partial charge < -0.3 is 0 Å². The molecule has 0 N–H and O–H groups in total. The van der Waals surface area contributed by atoms with Crippen LogP contribution in [-0.2, 0) is 6.18 Å². The predicted octanol–water partition coefficient (Wildman–Crippen LogP) is 5.11. The number of benzene rings is 1. The Kier molecular flexibility index (Phi) is 5.03. The van der Waals surface area contributed by atoms with E-state index >= 15 is 0 Å². The summed E-state index contributed by atoms with van der Waals surface area (Å²) in [5, 5.41) is 4.31. The lowest BCUT2D eigenvalue weighted by atomic mass is 10.1. The number of fused-ring (bicyclic) bond motifs is 1. The lowest BCUT2D eigenvalue weighted by molar-refractivity contribution is -0.137. The first-order valence-electron chi connectivity index (χ1n) is 10.1. The maximum Gasteiger partial charge on any atom is 0.416 e. The van der Waals surface area contributed by atoms with Crippen molar-refractivity contribution in [1.82, 2.24) is 34.7 Å². The quantitative estimate of drug-likeness (QED) is 0.345. The Morgan fingerprint density at radius 3 is 2.32 bits per heavy atom. The second-order valence-electron chi connectivity index (χ2n) is 7.53. The lowest BCUT2D eigenvalue weighted by Gasteiger charge is -2.12. The van der Waals surface area contributed by atoms with Crippen molar-refractivity contribution in [2.24, 2.45) is 0 Å². The van der Waals surface area contributed by atoms with E-state index in [1.165, 1.54) is 6.20 Å². The summed E-state index contributed by atoms with van der Waals surface area (Å²) in [7, 11) is 0. The van der Waals surface area contributed by atoms with Gasteiger partial charge in [-0.3, -0.25) is 4.98 Å². The molecule has 0 aliphatic rings. The standard InChI is InChI=1S/C23H15F4N7/c1-12-13(2)31-22-20(30-12)19(17-4-3-15(9-18(17)24)23(25,26)27)32-21(33-22)14-10-29-34(11-14)16-5-7-28-8-6-16/h3-11H,1-2H3. The average molecular weight is 465 g/mol. The maximum atomic E-state index is 14.9. The first kappa shape index (κ1) is 21.6. The highest BCUT2D eigenvalue weighted by atomic mass is 19.4. The van der Waals surface area contributed by atoms with Crippen LogP contribution in [0.3, 0.4) is 0 Å². The molecule has 4 aromatic heterocycles. The highest BCUT2D eigenvalue weighted by Crippen LogP contribution is 2.34. The number of pyridine rings is 1.